The minimum Gasteiger partial charge on any atom is -0.342 e. The van der Waals surface area contributed by atoms with Crippen molar-refractivity contribution in [3.8, 4) is 0 Å². The number of nitrogens with zero attached hydrogens (tertiary/aromatic N) is 1. The Morgan fingerprint density at radius 2 is 2.24 bits per heavy atom. The van der Waals surface area contributed by atoms with Crippen LogP contribution in [0.2, 0.25) is 0 Å². The van der Waals surface area contributed by atoms with Crippen molar-refractivity contribution in [3.63, 3.8) is 0 Å². The van der Waals surface area contributed by atoms with Crippen LogP contribution in [0.4, 0.5) is 8.78 Å². The number of carbonyl (C=O) groups is 1. The molecule has 0 aromatic heterocycles. The van der Waals surface area contributed by atoms with Crippen LogP contribution in [0.15, 0.2) is 18.2 Å². The highest BCUT2D eigenvalue weighted by molar-refractivity contribution is 5.76. The van der Waals surface area contributed by atoms with Gasteiger partial charge in [0.05, 0.1) is 0 Å². The second-order valence-electron chi connectivity index (χ2n) is 5.62. The van der Waals surface area contributed by atoms with Crippen LogP contribution in [-0.4, -0.2) is 37.5 Å². The predicted octanol–water partition coefficient (Wildman–Crippen LogP) is 2.36. The van der Waals surface area contributed by atoms with E-state index in [-0.39, 0.29) is 24.3 Å². The molecule has 2 rings (SSSR count). The minimum absolute atomic E-state index is 0.0273. The van der Waals surface area contributed by atoms with Gasteiger partial charge in [0.15, 0.2) is 11.6 Å². The number of benzene rings is 1. The topological polar surface area (TPSA) is 32.3 Å². The molecule has 1 aromatic carbocycles. The largest absolute Gasteiger partial charge is 0.342 e. The highest BCUT2D eigenvalue weighted by Crippen LogP contribution is 2.18. The Morgan fingerprint density at radius 3 is 3.00 bits per heavy atom. The molecule has 1 N–H and O–H groups in total. The fraction of sp³-hybridized carbons (Fsp3) is 0.562. The zero-order valence-corrected chi connectivity index (χ0v) is 12.4. The third kappa shape index (κ3) is 4.24. The molecule has 1 aliphatic rings. The zero-order chi connectivity index (χ0) is 15.2. The average molecular weight is 296 g/mol. The molecule has 0 bridgehead atoms. The van der Waals surface area contributed by atoms with Gasteiger partial charge in [0, 0.05) is 19.5 Å². The van der Waals surface area contributed by atoms with E-state index in [0.29, 0.717) is 5.92 Å². The van der Waals surface area contributed by atoms with Crippen LogP contribution in [0.3, 0.4) is 0 Å². The highest BCUT2D eigenvalue weighted by Gasteiger charge is 2.23. The van der Waals surface area contributed by atoms with Crippen molar-refractivity contribution in [1.82, 2.24) is 10.2 Å². The van der Waals surface area contributed by atoms with Gasteiger partial charge in [0.2, 0.25) is 5.91 Å². The molecule has 1 unspecified atom stereocenters. The number of amides is 1. The standard InChI is InChI=1S/C16H22F2N2O/c1-19-10-12-4-3-9-20(11-12)15(21)8-7-13-5-2-6-14(17)16(13)18/h2,5-6,12,19H,3-4,7-11H2,1H3. The van der Waals surface area contributed by atoms with Gasteiger partial charge in [0.1, 0.15) is 0 Å². The Morgan fingerprint density at radius 1 is 1.43 bits per heavy atom. The summed E-state index contributed by atoms with van der Waals surface area (Å²) in [6, 6.07) is 4.10. The van der Waals surface area contributed by atoms with E-state index < -0.39 is 11.6 Å². The predicted molar refractivity (Wildman–Crippen MR) is 77.9 cm³/mol. The summed E-state index contributed by atoms with van der Waals surface area (Å²) in [5, 5.41) is 3.14. The summed E-state index contributed by atoms with van der Waals surface area (Å²) < 4.78 is 26.7. The summed E-state index contributed by atoms with van der Waals surface area (Å²) in [4.78, 5) is 14.1. The van der Waals surface area contributed by atoms with E-state index >= 15 is 0 Å². The summed E-state index contributed by atoms with van der Waals surface area (Å²) in [6.07, 6.45) is 2.61. The fourth-order valence-corrected chi connectivity index (χ4v) is 2.89. The number of nitrogens with one attached hydrogen (secondary N) is 1. The van der Waals surface area contributed by atoms with Gasteiger partial charge in [-0.1, -0.05) is 12.1 Å². The van der Waals surface area contributed by atoms with Gasteiger partial charge >= 0.3 is 0 Å². The van der Waals surface area contributed by atoms with Crippen LogP contribution < -0.4 is 5.32 Å². The maximum absolute atomic E-state index is 13.5. The van der Waals surface area contributed by atoms with Crippen molar-refractivity contribution in [2.45, 2.75) is 25.7 Å². The second kappa shape index (κ2) is 7.50. The average Bonchev–Trinajstić information content (AvgIpc) is 2.49. The van der Waals surface area contributed by atoms with E-state index in [0.717, 1.165) is 38.5 Å². The van der Waals surface area contributed by atoms with Crippen LogP contribution in [-0.2, 0) is 11.2 Å². The van der Waals surface area contributed by atoms with Crippen LogP contribution in [0.25, 0.3) is 0 Å². The monoisotopic (exact) mass is 296 g/mol. The maximum atomic E-state index is 13.5. The van der Waals surface area contributed by atoms with Crippen molar-refractivity contribution in [2.75, 3.05) is 26.7 Å². The first-order chi connectivity index (χ1) is 10.1. The molecule has 0 saturated carbocycles. The maximum Gasteiger partial charge on any atom is 0.222 e. The number of hydrogen-bond acceptors (Lipinski definition) is 2. The molecule has 5 heteroatoms. The van der Waals surface area contributed by atoms with Gasteiger partial charge in [0.25, 0.3) is 0 Å². The third-order valence-corrected chi connectivity index (χ3v) is 4.00. The molecular weight excluding hydrogens is 274 g/mol. The van der Waals surface area contributed by atoms with E-state index in [1.54, 1.807) is 0 Å². The normalized spacial score (nSPS) is 18.8. The highest BCUT2D eigenvalue weighted by atomic mass is 19.2. The third-order valence-electron chi connectivity index (χ3n) is 4.00. The lowest BCUT2D eigenvalue weighted by atomic mass is 9.97. The smallest absolute Gasteiger partial charge is 0.222 e. The summed E-state index contributed by atoms with van der Waals surface area (Å²) in [5.74, 6) is -1.18. The number of likely N-dealkylation sites (tertiary alicyclic amines) is 1. The lowest BCUT2D eigenvalue weighted by molar-refractivity contribution is -0.132. The summed E-state index contributed by atoms with van der Waals surface area (Å²) >= 11 is 0. The van der Waals surface area contributed by atoms with Crippen molar-refractivity contribution in [2.24, 2.45) is 5.92 Å². The van der Waals surface area contributed by atoms with Gasteiger partial charge < -0.3 is 10.2 Å². The summed E-state index contributed by atoms with van der Waals surface area (Å²) in [7, 11) is 1.91. The van der Waals surface area contributed by atoms with Crippen molar-refractivity contribution < 1.29 is 13.6 Å². The zero-order valence-electron chi connectivity index (χ0n) is 12.4. The van der Waals surface area contributed by atoms with Crippen LogP contribution >= 0.6 is 0 Å². The molecule has 0 radical (unpaired) electrons. The van der Waals surface area contributed by atoms with Crippen molar-refractivity contribution >= 4 is 5.91 Å². The quantitative estimate of drug-likeness (QED) is 0.904. The van der Waals surface area contributed by atoms with Gasteiger partial charge in [-0.2, -0.15) is 0 Å². The molecule has 3 nitrogen and oxygen atoms in total. The molecule has 1 atom stereocenters. The molecule has 0 aliphatic carbocycles. The second-order valence-corrected chi connectivity index (χ2v) is 5.62. The molecule has 1 fully saturated rings. The Labute approximate surface area is 124 Å². The summed E-state index contributed by atoms with van der Waals surface area (Å²) in [6.45, 7) is 2.43. The molecule has 1 amide bonds. The van der Waals surface area contributed by atoms with E-state index in [1.807, 2.05) is 11.9 Å². The molecular formula is C16H22F2N2O. The van der Waals surface area contributed by atoms with Crippen LogP contribution in [0, 0.1) is 17.6 Å². The molecule has 0 spiro atoms. The molecule has 21 heavy (non-hydrogen) atoms. The van der Waals surface area contributed by atoms with E-state index in [4.69, 9.17) is 0 Å². The fourth-order valence-electron chi connectivity index (χ4n) is 2.89. The van der Waals surface area contributed by atoms with Crippen molar-refractivity contribution in [3.05, 3.63) is 35.4 Å². The Balaban J connectivity index is 1.88. The van der Waals surface area contributed by atoms with Gasteiger partial charge in [-0.3, -0.25) is 4.79 Å². The molecule has 1 aliphatic heterocycles. The lowest BCUT2D eigenvalue weighted by Crippen LogP contribution is -2.42. The van der Waals surface area contributed by atoms with E-state index in [1.165, 1.54) is 12.1 Å². The first kappa shape index (κ1) is 15.9. The van der Waals surface area contributed by atoms with Gasteiger partial charge in [-0.25, -0.2) is 8.78 Å². The first-order valence-corrected chi connectivity index (χ1v) is 7.47. The van der Waals surface area contributed by atoms with Gasteiger partial charge in [-0.15, -0.1) is 0 Å². The Hall–Kier alpha value is -1.49. The minimum atomic E-state index is -0.855. The Bertz CT molecular complexity index is 491. The van der Waals surface area contributed by atoms with E-state index in [2.05, 4.69) is 5.32 Å². The molecule has 1 heterocycles. The van der Waals surface area contributed by atoms with Gasteiger partial charge in [-0.05, 0) is 50.4 Å². The van der Waals surface area contributed by atoms with E-state index in [9.17, 15) is 13.6 Å². The number of piperidine rings is 1. The molecule has 1 aromatic rings. The number of hydrogen-bond donors (Lipinski definition) is 1. The number of halogens is 2. The number of rotatable bonds is 5. The van der Waals surface area contributed by atoms with Crippen LogP contribution in [0.5, 0.6) is 0 Å². The van der Waals surface area contributed by atoms with Crippen molar-refractivity contribution in [1.29, 1.82) is 0 Å². The summed E-state index contributed by atoms with van der Waals surface area (Å²) in [5.41, 5.74) is 0.270. The molecule has 116 valence electrons. The SMILES string of the molecule is CNCC1CCCN(C(=O)CCc2cccc(F)c2F)C1. The lowest BCUT2D eigenvalue weighted by Gasteiger charge is -2.32. The Kier molecular flexibility index (Phi) is 5.67. The number of carbonyl (C=O) groups excluding carboxylic acids is 1. The first-order valence-electron chi connectivity index (χ1n) is 7.47. The number of aryl methyl sites for hydroxylation is 1. The molecule has 1 saturated heterocycles. The van der Waals surface area contributed by atoms with Crippen LogP contribution in [0.1, 0.15) is 24.8 Å².